The predicted molar refractivity (Wildman–Crippen MR) is 90.6 cm³/mol. The van der Waals surface area contributed by atoms with Crippen LogP contribution in [0.1, 0.15) is 5.69 Å². The van der Waals surface area contributed by atoms with Gasteiger partial charge >= 0.3 is 11.7 Å². The van der Waals surface area contributed by atoms with Crippen LogP contribution in [0.5, 0.6) is 0 Å². The third kappa shape index (κ3) is 3.60. The summed E-state index contributed by atoms with van der Waals surface area (Å²) >= 11 is 0.511. The highest BCUT2D eigenvalue weighted by molar-refractivity contribution is 7.65. The van der Waals surface area contributed by atoms with Gasteiger partial charge in [-0.05, 0) is 24.3 Å². The van der Waals surface area contributed by atoms with Crippen LogP contribution in [0.4, 0.5) is 4.39 Å². The molecule has 2 aromatic heterocycles. The maximum Gasteiger partial charge on any atom is 0.459 e. The van der Waals surface area contributed by atoms with Crippen molar-refractivity contribution >= 4 is 24.1 Å². The number of rotatable bonds is 5. The molecule has 0 aliphatic rings. The lowest BCUT2D eigenvalue weighted by molar-refractivity contribution is 0.604. The highest BCUT2D eigenvalue weighted by Gasteiger charge is 2.18. The van der Waals surface area contributed by atoms with Gasteiger partial charge in [-0.25, -0.2) is 9.37 Å². The summed E-state index contributed by atoms with van der Waals surface area (Å²) in [7, 11) is 0. The number of halogens is 2. The van der Waals surface area contributed by atoms with E-state index in [0.29, 0.717) is 29.5 Å². The van der Waals surface area contributed by atoms with Crippen LogP contribution in [0.2, 0.25) is 0 Å². The summed E-state index contributed by atoms with van der Waals surface area (Å²) in [4.78, 5) is 8.49. The third-order valence-electron chi connectivity index (χ3n) is 3.34. The van der Waals surface area contributed by atoms with Gasteiger partial charge in [0.05, 0.1) is 17.1 Å². The Morgan fingerprint density at radius 3 is 2.70 bits per heavy atom. The number of nitrogens with zero attached hydrogens (tertiary/aromatic N) is 3. The van der Waals surface area contributed by atoms with E-state index in [4.69, 9.17) is 0 Å². The molecule has 2 heterocycles. The molecule has 118 valence electrons. The zero-order valence-corrected chi connectivity index (χ0v) is 13.7. The second-order valence-electron chi connectivity index (χ2n) is 4.67. The molecule has 0 saturated heterocycles. The lowest BCUT2D eigenvalue weighted by Gasteiger charge is -2.09. The molecule has 1 aromatic carbocycles. The van der Waals surface area contributed by atoms with Crippen LogP contribution in [0.25, 0.3) is 16.9 Å². The van der Waals surface area contributed by atoms with Crippen LogP contribution in [0.3, 0.4) is 0 Å². The third-order valence-corrected chi connectivity index (χ3v) is 3.71. The van der Waals surface area contributed by atoms with Crippen molar-refractivity contribution in [2.45, 2.75) is 6.42 Å². The Balaban J connectivity index is 0.00000192. The van der Waals surface area contributed by atoms with Gasteiger partial charge in [0.15, 0.2) is 0 Å². The molecule has 7 heteroatoms. The lowest BCUT2D eigenvalue weighted by atomic mass is 10.1. The fraction of sp³-hybridized carbons (Fsp3) is 0.125. The second kappa shape index (κ2) is 7.89. The zero-order chi connectivity index (χ0) is 15.4. The van der Waals surface area contributed by atoms with Crippen LogP contribution in [0, 0.1) is 5.82 Å². The van der Waals surface area contributed by atoms with Gasteiger partial charge in [0.25, 0.3) is 0 Å². The summed E-state index contributed by atoms with van der Waals surface area (Å²) in [6.45, 7) is 0. The molecule has 0 spiro atoms. The number of para-hydroxylation sites is 1. The molecular formula is C16H14ClFN3OS+. The molecule has 0 bridgehead atoms. The first-order valence-electron chi connectivity index (χ1n) is 6.77. The van der Waals surface area contributed by atoms with Crippen LogP contribution in [-0.2, 0) is 22.3 Å². The van der Waals surface area contributed by atoms with Gasteiger partial charge in [0.2, 0.25) is 5.75 Å². The Morgan fingerprint density at radius 2 is 2.00 bits per heavy atom. The first kappa shape index (κ1) is 17.2. The molecule has 23 heavy (non-hydrogen) atoms. The molecule has 0 fully saturated rings. The highest BCUT2D eigenvalue weighted by Crippen LogP contribution is 2.25. The average molecular weight is 351 g/mol. The van der Waals surface area contributed by atoms with E-state index < -0.39 is 0 Å². The number of hydrogen-bond acceptors (Lipinski definition) is 3. The minimum Gasteiger partial charge on any atom is -0.299 e. The maximum atomic E-state index is 14.1. The van der Waals surface area contributed by atoms with E-state index in [2.05, 4.69) is 9.97 Å². The first-order chi connectivity index (χ1) is 10.8. The standard InChI is InChI=1S/C16H13FN3OS.ClH/c17-13-5-1-2-6-14(13)20-11-19-16(15(20)7-9-22-21)12-4-3-8-18-10-12;/h1-6,8,10-11H,7,9H2;1H/q+1;. The van der Waals surface area contributed by atoms with Crippen LogP contribution < -0.4 is 0 Å². The summed E-state index contributed by atoms with van der Waals surface area (Å²) in [5.41, 5.74) is 2.81. The van der Waals surface area contributed by atoms with Crippen molar-refractivity contribution in [3.05, 3.63) is 66.6 Å². The molecule has 0 radical (unpaired) electrons. The summed E-state index contributed by atoms with van der Waals surface area (Å²) in [6, 6.07) is 10.2. The Labute approximate surface area is 143 Å². The van der Waals surface area contributed by atoms with E-state index in [-0.39, 0.29) is 18.2 Å². The van der Waals surface area contributed by atoms with E-state index in [0.717, 1.165) is 17.0 Å². The highest BCUT2D eigenvalue weighted by atomic mass is 35.5. The van der Waals surface area contributed by atoms with Gasteiger partial charge in [0, 0.05) is 28.6 Å². The van der Waals surface area contributed by atoms with E-state index >= 15 is 0 Å². The van der Waals surface area contributed by atoms with Crippen molar-refractivity contribution in [2.75, 3.05) is 5.75 Å². The van der Waals surface area contributed by atoms with E-state index in [1.807, 2.05) is 12.1 Å². The molecule has 0 atom stereocenters. The minimum atomic E-state index is -0.325. The number of aromatic nitrogens is 3. The molecular weight excluding hydrogens is 337 g/mol. The largest absolute Gasteiger partial charge is 0.459 e. The predicted octanol–water partition coefficient (Wildman–Crippen LogP) is 3.47. The average Bonchev–Trinajstić information content (AvgIpc) is 2.97. The molecule has 0 saturated carbocycles. The van der Waals surface area contributed by atoms with Crippen LogP contribution in [-0.4, -0.2) is 20.3 Å². The van der Waals surface area contributed by atoms with Crippen molar-refractivity contribution in [3.63, 3.8) is 0 Å². The monoisotopic (exact) mass is 350 g/mol. The number of hydrogen-bond donors (Lipinski definition) is 0. The topological polar surface area (TPSA) is 47.8 Å². The summed E-state index contributed by atoms with van der Waals surface area (Å²) in [6.07, 6.45) is 5.49. The van der Waals surface area contributed by atoms with E-state index in [9.17, 15) is 8.60 Å². The first-order valence-corrected chi connectivity index (χ1v) is 7.68. The van der Waals surface area contributed by atoms with Crippen LogP contribution in [0.15, 0.2) is 55.1 Å². The van der Waals surface area contributed by atoms with Crippen LogP contribution >= 0.6 is 12.4 Å². The maximum absolute atomic E-state index is 14.1. The van der Waals surface area contributed by atoms with Gasteiger partial charge in [-0.3, -0.25) is 9.55 Å². The van der Waals surface area contributed by atoms with Gasteiger partial charge in [-0.15, -0.1) is 12.4 Å². The molecule has 0 unspecified atom stereocenters. The molecule has 0 aliphatic carbocycles. The fourth-order valence-electron chi connectivity index (χ4n) is 2.35. The summed E-state index contributed by atoms with van der Waals surface area (Å²) < 4.78 is 26.6. The zero-order valence-electron chi connectivity index (χ0n) is 12.1. The molecule has 3 rings (SSSR count). The van der Waals surface area contributed by atoms with Crippen molar-refractivity contribution in [1.29, 1.82) is 0 Å². The Bertz CT molecular complexity index is 795. The number of pyridine rings is 1. The molecule has 4 nitrogen and oxygen atoms in total. The smallest absolute Gasteiger partial charge is 0.299 e. The molecule has 0 N–H and O–H groups in total. The van der Waals surface area contributed by atoms with Gasteiger partial charge in [0.1, 0.15) is 12.1 Å². The fourth-order valence-corrected chi connectivity index (χ4v) is 2.63. The summed E-state index contributed by atoms with van der Waals surface area (Å²) in [5.74, 6) is 0.0709. The SMILES string of the molecule is Cl.O=[S+]CCc1c(-c2cccnc2)ncn1-c1ccccc1F. The van der Waals surface area contributed by atoms with Crippen molar-refractivity contribution in [2.24, 2.45) is 0 Å². The summed E-state index contributed by atoms with van der Waals surface area (Å²) in [5, 5.41) is 0. The van der Waals surface area contributed by atoms with Gasteiger partial charge < -0.3 is 0 Å². The normalized spacial score (nSPS) is 10.1. The number of benzene rings is 1. The molecule has 3 aromatic rings. The Morgan fingerprint density at radius 1 is 1.17 bits per heavy atom. The van der Waals surface area contributed by atoms with Gasteiger partial charge in [-0.1, -0.05) is 12.1 Å². The van der Waals surface area contributed by atoms with Crippen molar-refractivity contribution in [1.82, 2.24) is 14.5 Å². The Kier molecular flexibility index (Phi) is 5.90. The lowest BCUT2D eigenvalue weighted by Crippen LogP contribution is -2.04. The molecule has 0 amide bonds. The van der Waals surface area contributed by atoms with Crippen molar-refractivity contribution in [3.8, 4) is 16.9 Å². The quantitative estimate of drug-likeness (QED) is 0.662. The Hall–Kier alpha value is -2.18. The molecule has 0 aliphatic heterocycles. The van der Waals surface area contributed by atoms with E-state index in [1.54, 1.807) is 41.5 Å². The second-order valence-corrected chi connectivity index (χ2v) is 5.32. The van der Waals surface area contributed by atoms with E-state index in [1.165, 1.54) is 6.07 Å². The minimum absolute atomic E-state index is 0. The van der Waals surface area contributed by atoms with Crippen molar-refractivity contribution < 1.29 is 8.60 Å². The number of imidazole rings is 1. The van der Waals surface area contributed by atoms with Gasteiger partial charge in [-0.2, -0.15) is 0 Å².